The van der Waals surface area contributed by atoms with E-state index in [9.17, 15) is 19.1 Å². The van der Waals surface area contributed by atoms with Gasteiger partial charge in [0, 0.05) is 11.3 Å². The standard InChI is InChI=1S/C32H28FN3O6S2/c1-2-3-13-40-23-6-4-5-20(16-23)27-26(28(37)21-9-12-24-25(17-21)42-15-14-41-24)29(38)30(39)36(27)31-34-35-32(44-31)43-18-19-7-10-22(33)11-8-19/h4-12,16-17,27,37H,2-3,13-15,18H2,1H3/t27-/m1/s1. The summed E-state index contributed by atoms with van der Waals surface area (Å²) in [5.41, 5.74) is 1.68. The quantitative estimate of drug-likeness (QED) is 0.0519. The van der Waals surface area contributed by atoms with Crippen molar-refractivity contribution >= 4 is 45.7 Å². The number of hydrogen-bond donors (Lipinski definition) is 1. The number of thioether (sulfide) groups is 1. The van der Waals surface area contributed by atoms with Crippen molar-refractivity contribution < 1.29 is 33.3 Å². The lowest BCUT2D eigenvalue weighted by atomic mass is 9.95. The van der Waals surface area contributed by atoms with E-state index in [1.165, 1.54) is 28.8 Å². The Morgan fingerprint density at radius 3 is 2.66 bits per heavy atom. The second-order valence-electron chi connectivity index (χ2n) is 10.1. The number of rotatable bonds is 10. The second-order valence-corrected chi connectivity index (χ2v) is 12.2. The fourth-order valence-electron chi connectivity index (χ4n) is 4.88. The van der Waals surface area contributed by atoms with Gasteiger partial charge >= 0.3 is 5.91 Å². The van der Waals surface area contributed by atoms with Crippen molar-refractivity contribution in [3.8, 4) is 17.2 Å². The number of anilines is 1. The molecule has 0 unspecified atom stereocenters. The summed E-state index contributed by atoms with van der Waals surface area (Å²) in [5, 5.41) is 20.3. The Morgan fingerprint density at radius 2 is 1.86 bits per heavy atom. The Bertz CT molecular complexity index is 1730. The van der Waals surface area contributed by atoms with Gasteiger partial charge in [0.15, 0.2) is 15.8 Å². The molecule has 2 aliphatic rings. The first kappa shape index (κ1) is 29.6. The Kier molecular flexibility index (Phi) is 8.80. The molecule has 1 amide bonds. The van der Waals surface area contributed by atoms with E-state index in [-0.39, 0.29) is 22.3 Å². The van der Waals surface area contributed by atoms with E-state index in [1.807, 2.05) is 0 Å². The van der Waals surface area contributed by atoms with Gasteiger partial charge in [-0.1, -0.05) is 60.7 Å². The number of halogens is 1. The van der Waals surface area contributed by atoms with Crippen LogP contribution >= 0.6 is 23.1 Å². The molecule has 1 saturated heterocycles. The molecule has 0 radical (unpaired) electrons. The zero-order chi connectivity index (χ0) is 30.6. The molecule has 12 heteroatoms. The topological polar surface area (TPSA) is 111 Å². The summed E-state index contributed by atoms with van der Waals surface area (Å²) in [6.45, 7) is 3.35. The first-order valence-corrected chi connectivity index (χ1v) is 15.9. The number of amides is 1. The Balaban J connectivity index is 1.38. The van der Waals surface area contributed by atoms with Crippen LogP contribution in [-0.2, 0) is 15.3 Å². The maximum atomic E-state index is 13.6. The molecule has 226 valence electrons. The maximum Gasteiger partial charge on any atom is 0.301 e. The number of aliphatic hydroxyl groups is 1. The summed E-state index contributed by atoms with van der Waals surface area (Å²) in [4.78, 5) is 28.6. The molecule has 1 aromatic heterocycles. The normalized spacial score (nSPS) is 17.2. The van der Waals surface area contributed by atoms with E-state index < -0.39 is 17.7 Å². The molecule has 3 heterocycles. The van der Waals surface area contributed by atoms with Gasteiger partial charge in [-0.3, -0.25) is 14.5 Å². The lowest BCUT2D eigenvalue weighted by Crippen LogP contribution is -2.29. The molecule has 3 aromatic carbocycles. The summed E-state index contributed by atoms with van der Waals surface area (Å²) in [5.74, 6) is -0.297. The first-order valence-electron chi connectivity index (χ1n) is 14.1. The van der Waals surface area contributed by atoms with Crippen LogP contribution < -0.4 is 19.1 Å². The number of ketones is 1. The number of unbranched alkanes of at least 4 members (excludes halogenated alkanes) is 1. The number of carbonyl (C=O) groups excluding carboxylic acids is 2. The fourth-order valence-corrected chi connectivity index (χ4v) is 6.71. The van der Waals surface area contributed by atoms with Gasteiger partial charge in [0.05, 0.1) is 18.2 Å². The second kappa shape index (κ2) is 13.1. The molecule has 9 nitrogen and oxygen atoms in total. The van der Waals surface area contributed by atoms with Crippen LogP contribution in [0.1, 0.15) is 42.5 Å². The zero-order valence-electron chi connectivity index (χ0n) is 23.7. The van der Waals surface area contributed by atoms with Gasteiger partial charge in [0.25, 0.3) is 5.78 Å². The molecule has 1 fully saturated rings. The number of Topliss-reactive ketones (excluding diaryl/α,β-unsaturated/α-hetero) is 1. The smallest absolute Gasteiger partial charge is 0.301 e. The highest BCUT2D eigenvalue weighted by Crippen LogP contribution is 2.45. The lowest BCUT2D eigenvalue weighted by molar-refractivity contribution is -0.132. The predicted octanol–water partition coefficient (Wildman–Crippen LogP) is 6.55. The SMILES string of the molecule is CCCCOc1cccc([C@@H]2C(=C(O)c3ccc4c(c3)OCCO4)C(=O)C(=O)N2c2nnc(SCc3ccc(F)cc3)s2)c1. The Labute approximate surface area is 261 Å². The molecular weight excluding hydrogens is 605 g/mol. The molecule has 1 N–H and O–H groups in total. The zero-order valence-corrected chi connectivity index (χ0v) is 25.3. The minimum absolute atomic E-state index is 0.0897. The predicted molar refractivity (Wildman–Crippen MR) is 165 cm³/mol. The van der Waals surface area contributed by atoms with E-state index >= 15 is 0 Å². The lowest BCUT2D eigenvalue weighted by Gasteiger charge is -2.23. The molecule has 1 atom stereocenters. The molecule has 4 aromatic rings. The average Bonchev–Trinajstić information content (AvgIpc) is 3.62. The van der Waals surface area contributed by atoms with Crippen LogP contribution in [0.3, 0.4) is 0 Å². The molecule has 6 rings (SSSR count). The number of nitrogens with zero attached hydrogens (tertiary/aromatic N) is 3. The summed E-state index contributed by atoms with van der Waals surface area (Å²) in [6, 6.07) is 17.2. The number of aromatic nitrogens is 2. The van der Waals surface area contributed by atoms with E-state index in [0.29, 0.717) is 58.3 Å². The number of hydrogen-bond acceptors (Lipinski definition) is 10. The van der Waals surface area contributed by atoms with Crippen LogP contribution in [0.25, 0.3) is 5.76 Å². The van der Waals surface area contributed by atoms with Gasteiger partial charge in [0.2, 0.25) is 5.13 Å². The van der Waals surface area contributed by atoms with Gasteiger partial charge < -0.3 is 19.3 Å². The van der Waals surface area contributed by atoms with Gasteiger partial charge in [-0.2, -0.15) is 0 Å². The summed E-state index contributed by atoms with van der Waals surface area (Å²) in [6.07, 6.45) is 1.84. The average molecular weight is 634 g/mol. The molecule has 0 saturated carbocycles. The molecule has 0 spiro atoms. The van der Waals surface area contributed by atoms with Crippen molar-refractivity contribution in [2.45, 2.75) is 35.9 Å². The summed E-state index contributed by atoms with van der Waals surface area (Å²) >= 11 is 2.53. The van der Waals surface area contributed by atoms with Crippen molar-refractivity contribution in [3.63, 3.8) is 0 Å². The van der Waals surface area contributed by atoms with Crippen LogP contribution in [0, 0.1) is 5.82 Å². The van der Waals surface area contributed by atoms with E-state index in [4.69, 9.17) is 14.2 Å². The van der Waals surface area contributed by atoms with Gasteiger partial charge in [-0.25, -0.2) is 4.39 Å². The minimum atomic E-state index is -0.999. The fraction of sp³-hybridized carbons (Fsp3) is 0.250. The third-order valence-electron chi connectivity index (χ3n) is 7.08. The summed E-state index contributed by atoms with van der Waals surface area (Å²) < 4.78 is 31.1. The highest BCUT2D eigenvalue weighted by Gasteiger charge is 2.48. The molecule has 0 bridgehead atoms. The van der Waals surface area contributed by atoms with Crippen LogP contribution in [0.15, 0.2) is 76.6 Å². The van der Waals surface area contributed by atoms with Crippen LogP contribution in [0.5, 0.6) is 17.2 Å². The van der Waals surface area contributed by atoms with Crippen LogP contribution in [0.2, 0.25) is 0 Å². The van der Waals surface area contributed by atoms with E-state index in [2.05, 4.69) is 17.1 Å². The maximum absolute atomic E-state index is 13.6. The van der Waals surface area contributed by atoms with E-state index in [0.717, 1.165) is 29.7 Å². The van der Waals surface area contributed by atoms with Crippen molar-refractivity contribution in [2.24, 2.45) is 0 Å². The minimum Gasteiger partial charge on any atom is -0.507 e. The van der Waals surface area contributed by atoms with Crippen molar-refractivity contribution in [1.82, 2.24) is 10.2 Å². The Hall–Kier alpha value is -4.42. The van der Waals surface area contributed by atoms with Gasteiger partial charge in [0.1, 0.15) is 30.5 Å². The van der Waals surface area contributed by atoms with Crippen molar-refractivity contribution in [1.29, 1.82) is 0 Å². The van der Waals surface area contributed by atoms with Crippen LogP contribution in [-0.4, -0.2) is 46.8 Å². The van der Waals surface area contributed by atoms with Gasteiger partial charge in [-0.05, 0) is 60.0 Å². The van der Waals surface area contributed by atoms with E-state index in [1.54, 1.807) is 54.6 Å². The number of carbonyl (C=O) groups is 2. The number of benzene rings is 3. The van der Waals surface area contributed by atoms with Gasteiger partial charge in [-0.15, -0.1) is 10.2 Å². The molecule has 0 aliphatic carbocycles. The molecule has 2 aliphatic heterocycles. The third kappa shape index (κ3) is 6.13. The summed E-state index contributed by atoms with van der Waals surface area (Å²) in [7, 11) is 0. The van der Waals surface area contributed by atoms with Crippen LogP contribution in [0.4, 0.5) is 9.52 Å². The number of fused-ring (bicyclic) bond motifs is 1. The molecule has 44 heavy (non-hydrogen) atoms. The monoisotopic (exact) mass is 633 g/mol. The first-order chi connectivity index (χ1) is 21.4. The highest BCUT2D eigenvalue weighted by atomic mass is 32.2. The van der Waals surface area contributed by atoms with Crippen molar-refractivity contribution in [3.05, 3.63) is 94.8 Å². The van der Waals surface area contributed by atoms with Crippen molar-refractivity contribution in [2.75, 3.05) is 24.7 Å². The highest BCUT2D eigenvalue weighted by molar-refractivity contribution is 8.00. The Morgan fingerprint density at radius 1 is 1.07 bits per heavy atom. The third-order valence-corrected chi connectivity index (χ3v) is 9.20. The number of aliphatic hydroxyl groups excluding tert-OH is 1. The number of ether oxygens (including phenoxy) is 3. The molecular formula is C32H28FN3O6S2. The largest absolute Gasteiger partial charge is 0.507 e.